The summed E-state index contributed by atoms with van der Waals surface area (Å²) >= 11 is 0. The lowest BCUT2D eigenvalue weighted by Gasteiger charge is -2.17. The molecule has 5 nitrogen and oxygen atoms in total. The molecule has 1 heterocycles. The maximum atomic E-state index is 13.6. The smallest absolute Gasteiger partial charge is 0.315 e. The van der Waals surface area contributed by atoms with E-state index in [0.29, 0.717) is 5.56 Å². The molecule has 122 valence electrons. The summed E-state index contributed by atoms with van der Waals surface area (Å²) in [5.74, 6) is -1.96. The highest BCUT2D eigenvalue weighted by Crippen LogP contribution is 2.18. The van der Waals surface area contributed by atoms with Crippen molar-refractivity contribution in [3.8, 4) is 0 Å². The summed E-state index contributed by atoms with van der Waals surface area (Å²) in [6.45, 7) is 1.52. The van der Waals surface area contributed by atoms with E-state index in [1.54, 1.807) is 12.1 Å². The van der Waals surface area contributed by atoms with Gasteiger partial charge in [-0.25, -0.2) is 13.6 Å². The fourth-order valence-corrected chi connectivity index (χ4v) is 2.07. The number of rotatable bonds is 5. The van der Waals surface area contributed by atoms with Crippen molar-refractivity contribution in [2.24, 2.45) is 0 Å². The Morgan fingerprint density at radius 2 is 1.96 bits per heavy atom. The van der Waals surface area contributed by atoms with Crippen LogP contribution in [0.4, 0.5) is 13.6 Å². The van der Waals surface area contributed by atoms with Crippen LogP contribution in [-0.2, 0) is 0 Å². The van der Waals surface area contributed by atoms with Crippen LogP contribution < -0.4 is 10.6 Å². The van der Waals surface area contributed by atoms with Crippen molar-refractivity contribution in [1.82, 2.24) is 15.6 Å². The van der Waals surface area contributed by atoms with E-state index in [1.165, 1.54) is 31.5 Å². The van der Waals surface area contributed by atoms with Gasteiger partial charge in [-0.15, -0.1) is 0 Å². The topological polar surface area (TPSA) is 74.2 Å². The second-order valence-corrected chi connectivity index (χ2v) is 5.02. The zero-order valence-electron chi connectivity index (χ0n) is 12.5. The molecule has 0 saturated carbocycles. The van der Waals surface area contributed by atoms with Crippen LogP contribution in [0.1, 0.15) is 30.2 Å². The van der Waals surface area contributed by atoms with E-state index in [9.17, 15) is 18.7 Å². The third kappa shape index (κ3) is 4.46. The molecule has 0 saturated heterocycles. The molecule has 3 N–H and O–H groups in total. The first kappa shape index (κ1) is 16.8. The Balaban J connectivity index is 1.88. The van der Waals surface area contributed by atoms with Crippen molar-refractivity contribution in [3.63, 3.8) is 0 Å². The van der Waals surface area contributed by atoms with E-state index < -0.39 is 29.8 Å². The number of amides is 2. The van der Waals surface area contributed by atoms with Gasteiger partial charge in [0.1, 0.15) is 0 Å². The third-order valence-electron chi connectivity index (χ3n) is 3.34. The van der Waals surface area contributed by atoms with Gasteiger partial charge in [-0.05, 0) is 30.7 Å². The molecule has 0 spiro atoms. The SMILES string of the molecule is CC(NC(=O)NCC(O)c1ccncc1)c1cccc(F)c1F. The number of carbonyl (C=O) groups excluding carboxylic acids is 1. The van der Waals surface area contributed by atoms with Gasteiger partial charge in [-0.2, -0.15) is 0 Å². The largest absolute Gasteiger partial charge is 0.387 e. The molecule has 0 aliphatic carbocycles. The minimum atomic E-state index is -0.989. The van der Waals surface area contributed by atoms with Crippen LogP contribution in [0.25, 0.3) is 0 Å². The van der Waals surface area contributed by atoms with E-state index in [-0.39, 0.29) is 12.1 Å². The Morgan fingerprint density at radius 3 is 2.65 bits per heavy atom. The molecule has 0 radical (unpaired) electrons. The van der Waals surface area contributed by atoms with E-state index in [0.717, 1.165) is 6.07 Å². The number of hydrogen-bond donors (Lipinski definition) is 3. The zero-order chi connectivity index (χ0) is 16.8. The second-order valence-electron chi connectivity index (χ2n) is 5.02. The molecule has 2 amide bonds. The summed E-state index contributed by atoms with van der Waals surface area (Å²) in [6, 6.07) is 5.74. The number of carbonyl (C=O) groups is 1. The van der Waals surface area contributed by atoms with Gasteiger partial charge in [0.25, 0.3) is 0 Å². The highest BCUT2D eigenvalue weighted by atomic mass is 19.2. The number of aromatic nitrogens is 1. The summed E-state index contributed by atoms with van der Waals surface area (Å²) in [4.78, 5) is 15.6. The Morgan fingerprint density at radius 1 is 1.26 bits per heavy atom. The lowest BCUT2D eigenvalue weighted by Crippen LogP contribution is -2.39. The number of halogens is 2. The number of aliphatic hydroxyl groups is 1. The predicted molar refractivity (Wildman–Crippen MR) is 80.5 cm³/mol. The van der Waals surface area contributed by atoms with Gasteiger partial charge in [0.2, 0.25) is 0 Å². The first-order valence-corrected chi connectivity index (χ1v) is 7.05. The first-order valence-electron chi connectivity index (χ1n) is 7.05. The maximum Gasteiger partial charge on any atom is 0.315 e. The third-order valence-corrected chi connectivity index (χ3v) is 3.34. The molecule has 23 heavy (non-hydrogen) atoms. The standard InChI is InChI=1S/C16H17F2N3O2/c1-10(12-3-2-4-13(17)15(12)18)21-16(23)20-9-14(22)11-5-7-19-8-6-11/h2-8,10,14,22H,9H2,1H3,(H2,20,21,23). The fraction of sp³-hybridized carbons (Fsp3) is 0.250. The quantitative estimate of drug-likeness (QED) is 0.792. The van der Waals surface area contributed by atoms with Gasteiger partial charge >= 0.3 is 6.03 Å². The normalized spacial score (nSPS) is 13.2. The van der Waals surface area contributed by atoms with Gasteiger partial charge in [0.15, 0.2) is 11.6 Å². The minimum Gasteiger partial charge on any atom is -0.387 e. The molecule has 2 unspecified atom stereocenters. The van der Waals surface area contributed by atoms with Crippen LogP contribution >= 0.6 is 0 Å². The zero-order valence-corrected chi connectivity index (χ0v) is 12.5. The van der Waals surface area contributed by atoms with Gasteiger partial charge in [-0.1, -0.05) is 12.1 Å². The molecule has 7 heteroatoms. The Bertz CT molecular complexity index is 668. The molecule has 2 atom stereocenters. The average molecular weight is 321 g/mol. The maximum absolute atomic E-state index is 13.6. The molecule has 2 aromatic rings. The van der Waals surface area contributed by atoms with Crippen molar-refractivity contribution in [2.75, 3.05) is 6.54 Å². The molecular formula is C16H17F2N3O2. The van der Waals surface area contributed by atoms with Gasteiger partial charge < -0.3 is 15.7 Å². The highest BCUT2D eigenvalue weighted by molar-refractivity contribution is 5.74. The predicted octanol–water partition coefficient (Wildman–Crippen LogP) is 2.45. The Labute approximate surface area is 132 Å². The molecule has 1 aromatic carbocycles. The minimum absolute atomic E-state index is 0.0196. The summed E-state index contributed by atoms with van der Waals surface area (Å²) in [5.41, 5.74) is 0.666. The Hall–Kier alpha value is -2.54. The Kier molecular flexibility index (Phi) is 5.59. The molecule has 0 aliphatic rings. The van der Waals surface area contributed by atoms with Crippen LogP contribution in [0.3, 0.4) is 0 Å². The van der Waals surface area contributed by atoms with Crippen molar-refractivity contribution in [2.45, 2.75) is 19.1 Å². The van der Waals surface area contributed by atoms with Gasteiger partial charge in [0.05, 0.1) is 12.1 Å². The fourth-order valence-electron chi connectivity index (χ4n) is 2.07. The van der Waals surface area contributed by atoms with Crippen LogP contribution in [-0.4, -0.2) is 22.7 Å². The van der Waals surface area contributed by atoms with E-state index in [2.05, 4.69) is 15.6 Å². The molecule has 0 fully saturated rings. The molecular weight excluding hydrogens is 304 g/mol. The van der Waals surface area contributed by atoms with Gasteiger partial charge in [-0.3, -0.25) is 4.98 Å². The molecule has 0 bridgehead atoms. The number of aliphatic hydroxyl groups excluding tert-OH is 1. The van der Waals surface area contributed by atoms with E-state index in [1.807, 2.05) is 0 Å². The lowest BCUT2D eigenvalue weighted by atomic mass is 10.1. The lowest BCUT2D eigenvalue weighted by molar-refractivity contribution is 0.172. The van der Waals surface area contributed by atoms with E-state index in [4.69, 9.17) is 0 Å². The van der Waals surface area contributed by atoms with Crippen molar-refractivity contribution < 1.29 is 18.7 Å². The summed E-state index contributed by atoms with van der Waals surface area (Å²) in [6.07, 6.45) is 2.19. The molecule has 1 aromatic heterocycles. The number of benzene rings is 1. The highest BCUT2D eigenvalue weighted by Gasteiger charge is 2.16. The van der Waals surface area contributed by atoms with Crippen molar-refractivity contribution in [3.05, 3.63) is 65.5 Å². The van der Waals surface area contributed by atoms with Crippen molar-refractivity contribution >= 4 is 6.03 Å². The number of hydrogen-bond acceptors (Lipinski definition) is 3. The van der Waals surface area contributed by atoms with Crippen LogP contribution in [0.15, 0.2) is 42.7 Å². The van der Waals surface area contributed by atoms with E-state index >= 15 is 0 Å². The average Bonchev–Trinajstić information content (AvgIpc) is 2.55. The number of nitrogens with one attached hydrogen (secondary N) is 2. The number of pyridine rings is 1. The monoisotopic (exact) mass is 321 g/mol. The van der Waals surface area contributed by atoms with Gasteiger partial charge in [0, 0.05) is 24.5 Å². The number of urea groups is 1. The molecule has 0 aliphatic heterocycles. The second kappa shape index (κ2) is 7.64. The van der Waals surface area contributed by atoms with Crippen LogP contribution in [0.5, 0.6) is 0 Å². The van der Waals surface area contributed by atoms with Crippen molar-refractivity contribution in [1.29, 1.82) is 0 Å². The molecule has 2 rings (SSSR count). The number of nitrogens with zero attached hydrogens (tertiary/aromatic N) is 1. The summed E-state index contributed by atoms with van der Waals surface area (Å²) in [7, 11) is 0. The first-order chi connectivity index (χ1) is 11.0. The summed E-state index contributed by atoms with van der Waals surface area (Å²) in [5, 5.41) is 14.9. The van der Waals surface area contributed by atoms with Crippen LogP contribution in [0, 0.1) is 11.6 Å². The van der Waals surface area contributed by atoms with Crippen LogP contribution in [0.2, 0.25) is 0 Å². The summed E-state index contributed by atoms with van der Waals surface area (Å²) < 4.78 is 26.8.